The van der Waals surface area contributed by atoms with Gasteiger partial charge in [0.2, 0.25) is 0 Å². The molecule has 1 amide bonds. The van der Waals surface area contributed by atoms with Gasteiger partial charge in [0.05, 0.1) is 0 Å². The highest BCUT2D eigenvalue weighted by Gasteiger charge is 2.22. The van der Waals surface area contributed by atoms with E-state index in [0.717, 1.165) is 17.3 Å². The van der Waals surface area contributed by atoms with E-state index in [1.165, 1.54) is 19.3 Å². The first kappa shape index (κ1) is 14.8. The zero-order chi connectivity index (χ0) is 15.4. The number of fused-ring (bicyclic) bond motifs is 1. The van der Waals surface area contributed by atoms with Crippen LogP contribution in [0.25, 0.3) is 10.9 Å². The Bertz CT molecular complexity index is 651. The molecule has 1 aromatic carbocycles. The molecule has 4 nitrogen and oxygen atoms in total. The maximum atomic E-state index is 12.1. The predicted octanol–water partition coefficient (Wildman–Crippen LogP) is 3.31. The van der Waals surface area contributed by atoms with Crippen LogP contribution in [0.4, 0.5) is 0 Å². The number of rotatable bonds is 4. The van der Waals surface area contributed by atoms with Gasteiger partial charge in [0, 0.05) is 17.6 Å². The Labute approximate surface area is 130 Å². The molecule has 0 unspecified atom stereocenters. The molecule has 3 rings (SSSR count). The Morgan fingerprint density at radius 3 is 2.95 bits per heavy atom. The first-order valence-corrected chi connectivity index (χ1v) is 8.00. The minimum Gasteiger partial charge on any atom is -0.481 e. The second kappa shape index (κ2) is 6.77. The minimum atomic E-state index is -0.0494. The van der Waals surface area contributed by atoms with Gasteiger partial charge in [-0.1, -0.05) is 38.0 Å². The van der Waals surface area contributed by atoms with Crippen LogP contribution in [0.1, 0.15) is 32.6 Å². The lowest BCUT2D eigenvalue weighted by Crippen LogP contribution is -2.43. The van der Waals surface area contributed by atoms with Crippen LogP contribution in [0.2, 0.25) is 0 Å². The van der Waals surface area contributed by atoms with Crippen LogP contribution >= 0.6 is 0 Å². The number of nitrogens with zero attached hydrogens (tertiary/aromatic N) is 1. The van der Waals surface area contributed by atoms with E-state index in [1.807, 2.05) is 30.3 Å². The van der Waals surface area contributed by atoms with Crippen molar-refractivity contribution >= 4 is 16.8 Å². The lowest BCUT2D eigenvalue weighted by molar-refractivity contribution is -0.124. The standard InChI is InChI=1S/C18H22N2O2/c1-13-6-2-3-9-15(13)20-17(21)12-22-16-10-4-7-14-8-5-11-19-18(14)16/h4-5,7-8,10-11,13,15H,2-3,6,9,12H2,1H3,(H,20,21)/t13-,15-/m0/s1. The molecule has 2 aromatic rings. The van der Waals surface area contributed by atoms with Crippen LogP contribution in [0, 0.1) is 5.92 Å². The van der Waals surface area contributed by atoms with Crippen molar-refractivity contribution in [3.8, 4) is 5.75 Å². The van der Waals surface area contributed by atoms with Gasteiger partial charge in [-0.15, -0.1) is 0 Å². The van der Waals surface area contributed by atoms with E-state index >= 15 is 0 Å². The van der Waals surface area contributed by atoms with Gasteiger partial charge in [-0.3, -0.25) is 9.78 Å². The largest absolute Gasteiger partial charge is 0.481 e. The van der Waals surface area contributed by atoms with E-state index in [9.17, 15) is 4.79 Å². The second-order valence-corrected chi connectivity index (χ2v) is 6.06. The number of pyridine rings is 1. The fraction of sp³-hybridized carbons (Fsp3) is 0.444. The highest BCUT2D eigenvalue weighted by atomic mass is 16.5. The van der Waals surface area contributed by atoms with E-state index in [-0.39, 0.29) is 18.6 Å². The number of para-hydroxylation sites is 1. The van der Waals surface area contributed by atoms with Gasteiger partial charge < -0.3 is 10.1 Å². The van der Waals surface area contributed by atoms with Gasteiger partial charge >= 0.3 is 0 Å². The van der Waals surface area contributed by atoms with Crippen molar-refractivity contribution < 1.29 is 9.53 Å². The van der Waals surface area contributed by atoms with Crippen molar-refractivity contribution in [1.82, 2.24) is 10.3 Å². The van der Waals surface area contributed by atoms with Gasteiger partial charge in [0.15, 0.2) is 6.61 Å². The third-order valence-electron chi connectivity index (χ3n) is 4.41. The summed E-state index contributed by atoms with van der Waals surface area (Å²) in [5.74, 6) is 1.16. The maximum Gasteiger partial charge on any atom is 0.258 e. The van der Waals surface area contributed by atoms with E-state index in [2.05, 4.69) is 17.2 Å². The molecule has 1 fully saturated rings. The Morgan fingerprint density at radius 2 is 2.09 bits per heavy atom. The van der Waals surface area contributed by atoms with Crippen molar-refractivity contribution in [1.29, 1.82) is 0 Å². The first-order chi connectivity index (χ1) is 10.7. The number of hydrogen-bond acceptors (Lipinski definition) is 3. The van der Waals surface area contributed by atoms with E-state index in [0.29, 0.717) is 11.7 Å². The first-order valence-electron chi connectivity index (χ1n) is 8.00. The molecule has 1 heterocycles. The van der Waals surface area contributed by atoms with Crippen molar-refractivity contribution in [3.63, 3.8) is 0 Å². The highest BCUT2D eigenvalue weighted by Crippen LogP contribution is 2.24. The third kappa shape index (κ3) is 3.38. The van der Waals surface area contributed by atoms with Crippen molar-refractivity contribution in [2.75, 3.05) is 6.61 Å². The number of nitrogens with one attached hydrogen (secondary N) is 1. The summed E-state index contributed by atoms with van der Waals surface area (Å²) >= 11 is 0. The van der Waals surface area contributed by atoms with Crippen molar-refractivity contribution in [2.45, 2.75) is 38.6 Å². The number of hydrogen-bond donors (Lipinski definition) is 1. The Hall–Kier alpha value is -2.10. The van der Waals surface area contributed by atoms with Crippen LogP contribution in [-0.4, -0.2) is 23.5 Å². The average molecular weight is 298 g/mol. The molecule has 2 atom stereocenters. The molecule has 0 saturated heterocycles. The van der Waals surface area contributed by atoms with Crippen LogP contribution in [0.3, 0.4) is 0 Å². The summed E-state index contributed by atoms with van der Waals surface area (Å²) in [6.45, 7) is 2.25. The molecule has 1 N–H and O–H groups in total. The molecular weight excluding hydrogens is 276 g/mol. The molecule has 1 aliphatic rings. The summed E-state index contributed by atoms with van der Waals surface area (Å²) < 4.78 is 5.68. The van der Waals surface area contributed by atoms with Gasteiger partial charge in [0.1, 0.15) is 11.3 Å². The summed E-state index contributed by atoms with van der Waals surface area (Å²) in [6.07, 6.45) is 6.47. The molecule has 116 valence electrons. The zero-order valence-electron chi connectivity index (χ0n) is 12.9. The summed E-state index contributed by atoms with van der Waals surface area (Å²) in [5, 5.41) is 4.12. The summed E-state index contributed by atoms with van der Waals surface area (Å²) in [5.41, 5.74) is 0.795. The number of amides is 1. The summed E-state index contributed by atoms with van der Waals surface area (Å²) in [7, 11) is 0. The molecule has 4 heteroatoms. The van der Waals surface area contributed by atoms with Gasteiger partial charge in [0.25, 0.3) is 5.91 Å². The maximum absolute atomic E-state index is 12.1. The molecule has 1 saturated carbocycles. The normalized spacial score (nSPS) is 21.5. The number of benzene rings is 1. The molecule has 0 radical (unpaired) electrons. The second-order valence-electron chi connectivity index (χ2n) is 6.06. The fourth-order valence-corrected chi connectivity index (χ4v) is 3.12. The SMILES string of the molecule is C[C@H]1CCCC[C@@H]1NC(=O)COc1cccc2cccnc12. The Balaban J connectivity index is 1.60. The van der Waals surface area contributed by atoms with Crippen molar-refractivity contribution in [2.24, 2.45) is 5.92 Å². The molecular formula is C18H22N2O2. The monoisotopic (exact) mass is 298 g/mol. The topological polar surface area (TPSA) is 51.2 Å². The number of carbonyl (C=O) groups excluding carboxylic acids is 1. The van der Waals surface area contributed by atoms with E-state index < -0.39 is 0 Å². The zero-order valence-corrected chi connectivity index (χ0v) is 12.9. The van der Waals surface area contributed by atoms with Gasteiger partial charge in [-0.25, -0.2) is 0 Å². The van der Waals surface area contributed by atoms with E-state index in [4.69, 9.17) is 4.74 Å². The van der Waals surface area contributed by atoms with Gasteiger partial charge in [-0.05, 0) is 30.9 Å². The molecule has 0 spiro atoms. The minimum absolute atomic E-state index is 0.0406. The highest BCUT2D eigenvalue weighted by molar-refractivity contribution is 5.85. The lowest BCUT2D eigenvalue weighted by Gasteiger charge is -2.29. The Morgan fingerprint density at radius 1 is 1.27 bits per heavy atom. The molecule has 1 aliphatic carbocycles. The average Bonchev–Trinajstić information content (AvgIpc) is 2.55. The summed E-state index contributed by atoms with van der Waals surface area (Å²) in [4.78, 5) is 16.4. The molecule has 22 heavy (non-hydrogen) atoms. The quantitative estimate of drug-likeness (QED) is 0.942. The van der Waals surface area contributed by atoms with Crippen LogP contribution in [0.15, 0.2) is 36.5 Å². The summed E-state index contributed by atoms with van der Waals surface area (Å²) in [6, 6.07) is 9.92. The number of ether oxygens (including phenoxy) is 1. The molecule has 0 bridgehead atoms. The van der Waals surface area contributed by atoms with Crippen molar-refractivity contribution in [3.05, 3.63) is 36.5 Å². The molecule has 0 aliphatic heterocycles. The fourth-order valence-electron chi connectivity index (χ4n) is 3.12. The van der Waals surface area contributed by atoms with Gasteiger partial charge in [-0.2, -0.15) is 0 Å². The van der Waals surface area contributed by atoms with E-state index in [1.54, 1.807) is 6.20 Å². The third-order valence-corrected chi connectivity index (χ3v) is 4.41. The van der Waals surface area contributed by atoms with Crippen LogP contribution < -0.4 is 10.1 Å². The Kier molecular flexibility index (Phi) is 4.56. The smallest absolute Gasteiger partial charge is 0.258 e. The molecule has 1 aromatic heterocycles. The number of aromatic nitrogens is 1. The van der Waals surface area contributed by atoms with Crippen LogP contribution in [0.5, 0.6) is 5.75 Å². The number of carbonyl (C=O) groups is 1. The predicted molar refractivity (Wildman–Crippen MR) is 86.8 cm³/mol. The van der Waals surface area contributed by atoms with Crippen LogP contribution in [-0.2, 0) is 4.79 Å². The lowest BCUT2D eigenvalue weighted by atomic mass is 9.86.